The average Bonchev–Trinajstić information content (AvgIpc) is 3.04. The lowest BCUT2D eigenvalue weighted by Crippen LogP contribution is -2.48. The van der Waals surface area contributed by atoms with Crippen LogP contribution in [-0.2, 0) is 16.0 Å². The molecule has 0 amide bonds. The monoisotopic (exact) mass is 353 g/mol. The smallest absolute Gasteiger partial charge is 0.320 e. The lowest BCUT2D eigenvalue weighted by molar-refractivity contribution is -0.139. The van der Waals surface area contributed by atoms with Gasteiger partial charge in [-0.2, -0.15) is 0 Å². The molecular formula is C20H23N3O3. The highest BCUT2D eigenvalue weighted by Crippen LogP contribution is 2.35. The van der Waals surface area contributed by atoms with Crippen LogP contribution in [0.4, 0.5) is 0 Å². The molecule has 2 aromatic rings. The third-order valence-corrected chi connectivity index (χ3v) is 4.99. The van der Waals surface area contributed by atoms with Crippen LogP contribution < -0.4 is 11.5 Å². The minimum atomic E-state index is -1.12. The van der Waals surface area contributed by atoms with Crippen LogP contribution in [0.1, 0.15) is 18.4 Å². The maximum Gasteiger partial charge on any atom is 0.320 e. The van der Waals surface area contributed by atoms with Crippen molar-refractivity contribution in [2.24, 2.45) is 16.9 Å². The van der Waals surface area contributed by atoms with Gasteiger partial charge in [0.05, 0.1) is 11.5 Å². The van der Waals surface area contributed by atoms with Gasteiger partial charge >= 0.3 is 5.97 Å². The predicted octanol–water partition coefficient (Wildman–Crippen LogP) is 1.91. The van der Waals surface area contributed by atoms with E-state index in [1.807, 2.05) is 42.6 Å². The SMILES string of the molecule is N[C@@H](CC1(C(=O)[C@@H](N)Cc2c[nH]c3ccccc23)C=CC=CC1)C(=O)O. The van der Waals surface area contributed by atoms with E-state index in [1.165, 1.54) is 0 Å². The number of carbonyl (C=O) groups excluding carboxylic acids is 1. The minimum Gasteiger partial charge on any atom is -0.480 e. The Labute approximate surface area is 151 Å². The second kappa shape index (κ2) is 7.27. The van der Waals surface area contributed by atoms with Crippen LogP contribution in [-0.4, -0.2) is 33.9 Å². The van der Waals surface area contributed by atoms with Crippen LogP contribution in [0.15, 0.2) is 54.8 Å². The van der Waals surface area contributed by atoms with Gasteiger partial charge in [0.15, 0.2) is 5.78 Å². The highest BCUT2D eigenvalue weighted by molar-refractivity contribution is 5.93. The number of nitrogens with one attached hydrogen (secondary N) is 1. The zero-order valence-corrected chi connectivity index (χ0v) is 14.4. The van der Waals surface area contributed by atoms with Crippen LogP contribution in [0.2, 0.25) is 0 Å². The number of aromatic nitrogens is 1. The van der Waals surface area contributed by atoms with Crippen molar-refractivity contribution in [2.75, 3.05) is 0 Å². The van der Waals surface area contributed by atoms with Gasteiger partial charge in [-0.05, 0) is 30.9 Å². The number of nitrogens with two attached hydrogens (primary N) is 2. The number of allylic oxidation sites excluding steroid dienone is 4. The first-order valence-electron chi connectivity index (χ1n) is 8.60. The molecule has 1 aromatic carbocycles. The lowest BCUT2D eigenvalue weighted by atomic mass is 9.70. The van der Waals surface area contributed by atoms with E-state index in [4.69, 9.17) is 16.6 Å². The molecule has 3 rings (SSSR count). The fraction of sp³-hybridized carbons (Fsp3) is 0.300. The molecule has 0 bridgehead atoms. The maximum atomic E-state index is 13.2. The van der Waals surface area contributed by atoms with Crippen molar-refractivity contribution in [3.05, 3.63) is 60.3 Å². The molecule has 0 saturated carbocycles. The van der Waals surface area contributed by atoms with Crippen molar-refractivity contribution < 1.29 is 14.7 Å². The fourth-order valence-electron chi connectivity index (χ4n) is 3.58. The van der Waals surface area contributed by atoms with E-state index in [0.29, 0.717) is 12.8 Å². The summed E-state index contributed by atoms with van der Waals surface area (Å²) in [6, 6.07) is 5.97. The van der Waals surface area contributed by atoms with Crippen molar-refractivity contribution in [1.29, 1.82) is 0 Å². The number of hydrogen-bond donors (Lipinski definition) is 4. The summed E-state index contributed by atoms with van der Waals surface area (Å²) < 4.78 is 0. The number of hydrogen-bond acceptors (Lipinski definition) is 4. The van der Waals surface area contributed by atoms with Gasteiger partial charge in [0.1, 0.15) is 6.04 Å². The number of carboxylic acid groups (broad SMARTS) is 1. The maximum absolute atomic E-state index is 13.2. The van der Waals surface area contributed by atoms with Crippen LogP contribution in [0, 0.1) is 5.41 Å². The summed E-state index contributed by atoms with van der Waals surface area (Å²) in [5.74, 6) is -1.30. The number of fused-ring (bicyclic) bond motifs is 1. The van der Waals surface area contributed by atoms with Gasteiger partial charge in [0.25, 0.3) is 0 Å². The molecule has 6 N–H and O–H groups in total. The normalized spacial score (nSPS) is 21.6. The highest BCUT2D eigenvalue weighted by atomic mass is 16.4. The highest BCUT2D eigenvalue weighted by Gasteiger charge is 2.41. The van der Waals surface area contributed by atoms with Crippen molar-refractivity contribution in [3.8, 4) is 0 Å². The molecule has 136 valence electrons. The van der Waals surface area contributed by atoms with Gasteiger partial charge in [-0.25, -0.2) is 0 Å². The minimum absolute atomic E-state index is 0.0313. The second-order valence-electron chi connectivity index (χ2n) is 6.83. The number of rotatable bonds is 7. The molecule has 3 atom stereocenters. The van der Waals surface area contributed by atoms with E-state index in [1.54, 1.807) is 12.2 Å². The number of ketones is 1. The molecule has 1 aromatic heterocycles. The summed E-state index contributed by atoms with van der Waals surface area (Å²) in [4.78, 5) is 27.5. The third kappa shape index (κ3) is 3.47. The number of benzene rings is 1. The fourth-order valence-corrected chi connectivity index (χ4v) is 3.58. The molecule has 1 aliphatic carbocycles. The summed E-state index contributed by atoms with van der Waals surface area (Å²) in [7, 11) is 0. The van der Waals surface area contributed by atoms with Crippen molar-refractivity contribution in [2.45, 2.75) is 31.3 Å². The van der Waals surface area contributed by atoms with Crippen LogP contribution >= 0.6 is 0 Å². The molecule has 1 heterocycles. The Morgan fingerprint density at radius 1 is 1.19 bits per heavy atom. The molecule has 0 aliphatic heterocycles. The van der Waals surface area contributed by atoms with Gasteiger partial charge in [-0.3, -0.25) is 9.59 Å². The molecule has 0 saturated heterocycles. The summed E-state index contributed by atoms with van der Waals surface area (Å²) >= 11 is 0. The van der Waals surface area contributed by atoms with E-state index in [0.717, 1.165) is 16.5 Å². The molecule has 0 fully saturated rings. The topological polar surface area (TPSA) is 122 Å². The molecule has 26 heavy (non-hydrogen) atoms. The van der Waals surface area contributed by atoms with E-state index in [-0.39, 0.29) is 12.2 Å². The third-order valence-electron chi connectivity index (χ3n) is 4.99. The van der Waals surface area contributed by atoms with Gasteiger partial charge in [-0.1, -0.05) is 42.5 Å². The quantitative estimate of drug-likeness (QED) is 0.606. The average molecular weight is 353 g/mol. The van der Waals surface area contributed by atoms with Crippen LogP contribution in [0.3, 0.4) is 0 Å². The zero-order chi connectivity index (χ0) is 18.7. The summed E-state index contributed by atoms with van der Waals surface area (Å²) in [5, 5.41) is 10.2. The molecule has 0 radical (unpaired) electrons. The number of H-pyrrole nitrogens is 1. The van der Waals surface area contributed by atoms with Gasteiger partial charge in [0, 0.05) is 17.1 Å². The Balaban J connectivity index is 1.83. The standard InChI is InChI=1S/C20H23N3O3/c21-15(10-13-12-23-17-7-3-2-6-14(13)17)18(24)20(8-4-1-5-9-20)11-16(22)19(25)26/h1-8,12,15-16,23H,9-11,21-22H2,(H,25,26)/t15-,16-,20?/m0/s1. The first-order chi connectivity index (χ1) is 12.4. The molecule has 6 heteroatoms. The zero-order valence-electron chi connectivity index (χ0n) is 14.4. The largest absolute Gasteiger partial charge is 0.480 e. The molecule has 1 unspecified atom stereocenters. The van der Waals surface area contributed by atoms with Crippen molar-refractivity contribution in [3.63, 3.8) is 0 Å². The van der Waals surface area contributed by atoms with Crippen LogP contribution in [0.25, 0.3) is 10.9 Å². The number of para-hydroxylation sites is 1. The van der Waals surface area contributed by atoms with Gasteiger partial charge in [0.2, 0.25) is 0 Å². The summed E-state index contributed by atoms with van der Waals surface area (Å²) in [5.41, 5.74) is 13.0. The molecular weight excluding hydrogens is 330 g/mol. The number of carboxylic acids is 1. The predicted molar refractivity (Wildman–Crippen MR) is 101 cm³/mol. The summed E-state index contributed by atoms with van der Waals surface area (Å²) in [6.45, 7) is 0. The number of carbonyl (C=O) groups is 2. The van der Waals surface area contributed by atoms with E-state index in [2.05, 4.69) is 4.98 Å². The lowest BCUT2D eigenvalue weighted by Gasteiger charge is -2.33. The molecule has 0 spiro atoms. The first kappa shape index (κ1) is 18.1. The Bertz CT molecular complexity index is 883. The summed E-state index contributed by atoms with van der Waals surface area (Å²) in [6.07, 6.45) is 9.87. The number of Topliss-reactive ketones (excluding diaryl/α,β-unsaturated/α-hetero) is 1. The van der Waals surface area contributed by atoms with E-state index in [9.17, 15) is 9.59 Å². The van der Waals surface area contributed by atoms with Crippen molar-refractivity contribution >= 4 is 22.7 Å². The van der Waals surface area contributed by atoms with Gasteiger partial charge in [-0.15, -0.1) is 0 Å². The molecule has 6 nitrogen and oxygen atoms in total. The number of aliphatic carboxylic acids is 1. The first-order valence-corrected chi connectivity index (χ1v) is 8.60. The van der Waals surface area contributed by atoms with E-state index >= 15 is 0 Å². The van der Waals surface area contributed by atoms with E-state index < -0.39 is 23.5 Å². The number of aromatic amines is 1. The Morgan fingerprint density at radius 2 is 1.96 bits per heavy atom. The second-order valence-corrected chi connectivity index (χ2v) is 6.83. The molecule has 1 aliphatic rings. The Morgan fingerprint density at radius 3 is 2.65 bits per heavy atom. The van der Waals surface area contributed by atoms with Crippen LogP contribution in [0.5, 0.6) is 0 Å². The van der Waals surface area contributed by atoms with Gasteiger partial charge < -0.3 is 21.6 Å². The Hall–Kier alpha value is -2.70. The Kier molecular flexibility index (Phi) is 5.06. The van der Waals surface area contributed by atoms with Crippen molar-refractivity contribution in [1.82, 2.24) is 4.98 Å².